The molecule has 0 unspecified atom stereocenters. The molecule has 0 radical (unpaired) electrons. The highest BCUT2D eigenvalue weighted by molar-refractivity contribution is 5.91. The van der Waals surface area contributed by atoms with E-state index in [-0.39, 0.29) is 5.91 Å². The topological polar surface area (TPSA) is 75.9 Å². The lowest BCUT2D eigenvalue weighted by molar-refractivity contribution is -0.116. The van der Waals surface area contributed by atoms with Gasteiger partial charge in [-0.05, 0) is 76.1 Å². The van der Waals surface area contributed by atoms with E-state index in [1.807, 2.05) is 50.6 Å². The average molecular weight is 433 g/mol. The maximum Gasteiger partial charge on any atom is 0.224 e. The van der Waals surface area contributed by atoms with Gasteiger partial charge >= 0.3 is 0 Å². The summed E-state index contributed by atoms with van der Waals surface area (Å²) in [5.41, 5.74) is 6.13. The number of benzene rings is 1. The van der Waals surface area contributed by atoms with Crippen LogP contribution < -0.4 is 10.2 Å². The maximum atomic E-state index is 12.6. The monoisotopic (exact) mass is 432 g/mol. The Morgan fingerprint density at radius 2 is 1.75 bits per heavy atom. The zero-order valence-electron chi connectivity index (χ0n) is 19.5. The second-order valence-corrected chi connectivity index (χ2v) is 8.71. The lowest BCUT2D eigenvalue weighted by Crippen LogP contribution is -2.30. The number of carbonyl (C=O) groups is 1. The summed E-state index contributed by atoms with van der Waals surface area (Å²) in [5, 5.41) is 7.78. The van der Waals surface area contributed by atoms with Crippen LogP contribution in [-0.4, -0.2) is 38.7 Å². The van der Waals surface area contributed by atoms with Crippen molar-refractivity contribution in [3.05, 3.63) is 58.7 Å². The minimum absolute atomic E-state index is 0.0136. The third kappa shape index (κ3) is 4.82. The molecule has 3 heterocycles. The Balaban J connectivity index is 1.47. The van der Waals surface area contributed by atoms with Crippen LogP contribution in [-0.2, 0) is 11.2 Å². The van der Waals surface area contributed by atoms with E-state index in [0.717, 1.165) is 58.5 Å². The molecule has 168 valence electrons. The molecule has 2 aromatic heterocycles. The summed E-state index contributed by atoms with van der Waals surface area (Å²) in [6.45, 7) is 10.1. The van der Waals surface area contributed by atoms with Gasteiger partial charge in [-0.25, -0.2) is 14.6 Å². The van der Waals surface area contributed by atoms with Gasteiger partial charge in [0.1, 0.15) is 12.1 Å². The Bertz CT molecular complexity index is 1110. The second kappa shape index (κ2) is 9.51. The first-order chi connectivity index (χ1) is 15.4. The van der Waals surface area contributed by atoms with Crippen LogP contribution >= 0.6 is 0 Å². The Morgan fingerprint density at radius 3 is 2.53 bits per heavy atom. The van der Waals surface area contributed by atoms with Crippen LogP contribution in [0.25, 0.3) is 5.82 Å². The fourth-order valence-corrected chi connectivity index (χ4v) is 4.33. The molecule has 0 atom stereocenters. The summed E-state index contributed by atoms with van der Waals surface area (Å²) >= 11 is 0. The van der Waals surface area contributed by atoms with Gasteiger partial charge in [0, 0.05) is 37.0 Å². The molecule has 0 saturated carbocycles. The first-order valence-electron chi connectivity index (χ1n) is 11.4. The van der Waals surface area contributed by atoms with Crippen LogP contribution in [0.3, 0.4) is 0 Å². The summed E-state index contributed by atoms with van der Waals surface area (Å²) in [6.07, 6.45) is 6.35. The van der Waals surface area contributed by atoms with Gasteiger partial charge in [-0.15, -0.1) is 0 Å². The molecule has 0 aliphatic carbocycles. The first kappa shape index (κ1) is 22.0. The number of nitrogens with one attached hydrogen (secondary N) is 1. The Morgan fingerprint density at radius 1 is 1.00 bits per heavy atom. The molecule has 7 nitrogen and oxygen atoms in total. The van der Waals surface area contributed by atoms with Crippen molar-refractivity contribution in [3.63, 3.8) is 0 Å². The summed E-state index contributed by atoms with van der Waals surface area (Å²) in [4.78, 5) is 23.9. The number of anilines is 2. The number of amides is 1. The molecule has 1 aliphatic heterocycles. The van der Waals surface area contributed by atoms with E-state index in [4.69, 9.17) is 5.10 Å². The largest absolute Gasteiger partial charge is 0.356 e. The maximum absolute atomic E-state index is 12.6. The van der Waals surface area contributed by atoms with Crippen molar-refractivity contribution in [2.24, 2.45) is 0 Å². The number of piperidine rings is 1. The molecule has 0 spiro atoms. The molecule has 1 saturated heterocycles. The Kier molecular flexibility index (Phi) is 6.53. The second-order valence-electron chi connectivity index (χ2n) is 8.71. The van der Waals surface area contributed by atoms with Crippen molar-refractivity contribution in [2.45, 2.75) is 59.8 Å². The number of carbonyl (C=O) groups excluding carboxylic acids is 1. The lowest BCUT2D eigenvalue weighted by Gasteiger charge is -2.27. The highest BCUT2D eigenvalue weighted by Gasteiger charge is 2.18. The van der Waals surface area contributed by atoms with Crippen molar-refractivity contribution in [1.82, 2.24) is 19.7 Å². The molecule has 1 N–H and O–H groups in total. The van der Waals surface area contributed by atoms with Gasteiger partial charge in [-0.3, -0.25) is 4.79 Å². The molecular formula is C25H32N6O. The van der Waals surface area contributed by atoms with Gasteiger partial charge in [-0.2, -0.15) is 5.10 Å². The van der Waals surface area contributed by atoms with Gasteiger partial charge in [0.05, 0.1) is 5.69 Å². The number of nitrogens with zero attached hydrogens (tertiary/aromatic N) is 5. The minimum Gasteiger partial charge on any atom is -0.356 e. The zero-order valence-corrected chi connectivity index (χ0v) is 19.5. The number of aryl methyl sites for hydroxylation is 3. The third-order valence-corrected chi connectivity index (χ3v) is 6.25. The smallest absolute Gasteiger partial charge is 0.224 e. The highest BCUT2D eigenvalue weighted by atomic mass is 16.1. The van der Waals surface area contributed by atoms with Crippen LogP contribution in [0, 0.1) is 27.7 Å². The minimum atomic E-state index is 0.0136. The third-order valence-electron chi connectivity index (χ3n) is 6.25. The van der Waals surface area contributed by atoms with Crippen LogP contribution in [0.1, 0.15) is 53.8 Å². The summed E-state index contributed by atoms with van der Waals surface area (Å²) in [5.74, 6) is 1.74. The molecule has 0 bridgehead atoms. The van der Waals surface area contributed by atoms with E-state index in [2.05, 4.69) is 26.3 Å². The van der Waals surface area contributed by atoms with E-state index in [0.29, 0.717) is 12.8 Å². The van der Waals surface area contributed by atoms with Crippen molar-refractivity contribution in [1.29, 1.82) is 0 Å². The van der Waals surface area contributed by atoms with E-state index >= 15 is 0 Å². The van der Waals surface area contributed by atoms with Crippen LogP contribution in [0.15, 0.2) is 30.6 Å². The number of hydrogen-bond donors (Lipinski definition) is 1. The van der Waals surface area contributed by atoms with Gasteiger partial charge < -0.3 is 10.2 Å². The molecule has 4 rings (SSSR count). The standard InChI is InChI=1S/C25H32N6O/c1-17-8-9-18(2)22(14-17)28-25(32)11-10-21-19(3)29-31(20(21)4)24-15-23(26-16-27-24)30-12-6-5-7-13-30/h8-9,14-16H,5-7,10-13H2,1-4H3,(H,28,32). The van der Waals surface area contributed by atoms with Gasteiger partial charge in [0.2, 0.25) is 5.91 Å². The molecule has 7 heteroatoms. The Labute approximate surface area is 189 Å². The Hall–Kier alpha value is -3.22. The highest BCUT2D eigenvalue weighted by Crippen LogP contribution is 2.23. The fraction of sp³-hybridized carbons (Fsp3) is 0.440. The first-order valence-corrected chi connectivity index (χ1v) is 11.4. The van der Waals surface area contributed by atoms with Crippen LogP contribution in [0.2, 0.25) is 0 Å². The van der Waals surface area contributed by atoms with Crippen LogP contribution in [0.5, 0.6) is 0 Å². The van der Waals surface area contributed by atoms with Crippen molar-refractivity contribution in [3.8, 4) is 5.82 Å². The number of hydrogen-bond acceptors (Lipinski definition) is 5. The fourth-order valence-electron chi connectivity index (χ4n) is 4.33. The molecule has 1 fully saturated rings. The van der Waals surface area contributed by atoms with E-state index in [1.54, 1.807) is 6.33 Å². The van der Waals surface area contributed by atoms with Gasteiger partial charge in [0.15, 0.2) is 5.82 Å². The van der Waals surface area contributed by atoms with Crippen molar-refractivity contribution < 1.29 is 4.79 Å². The number of rotatable bonds is 6. The molecule has 1 amide bonds. The normalized spacial score (nSPS) is 13.9. The van der Waals surface area contributed by atoms with E-state index < -0.39 is 0 Å². The predicted molar refractivity (Wildman–Crippen MR) is 128 cm³/mol. The van der Waals surface area contributed by atoms with Gasteiger partial charge in [0.25, 0.3) is 0 Å². The zero-order chi connectivity index (χ0) is 22.7. The lowest BCUT2D eigenvalue weighted by atomic mass is 10.1. The molecule has 32 heavy (non-hydrogen) atoms. The van der Waals surface area contributed by atoms with Crippen molar-refractivity contribution in [2.75, 3.05) is 23.3 Å². The average Bonchev–Trinajstić information content (AvgIpc) is 3.09. The summed E-state index contributed by atoms with van der Waals surface area (Å²) in [6, 6.07) is 8.11. The molecular weight excluding hydrogens is 400 g/mol. The van der Waals surface area contributed by atoms with E-state index in [9.17, 15) is 4.79 Å². The molecule has 1 aliphatic rings. The van der Waals surface area contributed by atoms with Crippen molar-refractivity contribution >= 4 is 17.4 Å². The SMILES string of the molecule is Cc1ccc(C)c(NC(=O)CCc2c(C)nn(-c3cc(N4CCCCC4)ncn3)c2C)c1. The number of aromatic nitrogens is 4. The summed E-state index contributed by atoms with van der Waals surface area (Å²) < 4.78 is 1.88. The van der Waals surface area contributed by atoms with Crippen LogP contribution in [0.4, 0.5) is 11.5 Å². The summed E-state index contributed by atoms with van der Waals surface area (Å²) in [7, 11) is 0. The predicted octanol–water partition coefficient (Wildman–Crippen LogP) is 4.46. The van der Waals surface area contributed by atoms with Gasteiger partial charge in [-0.1, -0.05) is 12.1 Å². The quantitative estimate of drug-likeness (QED) is 0.622. The molecule has 1 aromatic carbocycles. The van der Waals surface area contributed by atoms with E-state index in [1.165, 1.54) is 19.3 Å². The molecule has 3 aromatic rings.